The molecule has 0 radical (unpaired) electrons. The molecule has 0 spiro atoms. The summed E-state index contributed by atoms with van der Waals surface area (Å²) >= 11 is 0. The van der Waals surface area contributed by atoms with Crippen molar-refractivity contribution in [2.45, 2.75) is 92.0 Å². The van der Waals surface area contributed by atoms with Crippen LogP contribution in [0.5, 0.6) is 5.75 Å². The van der Waals surface area contributed by atoms with Crippen LogP contribution in [0.15, 0.2) is 18.2 Å². The van der Waals surface area contributed by atoms with Crippen molar-refractivity contribution in [3.8, 4) is 5.75 Å². The lowest BCUT2D eigenvalue weighted by Gasteiger charge is -2.38. The van der Waals surface area contributed by atoms with Crippen LogP contribution in [0.3, 0.4) is 0 Å². The fourth-order valence-corrected chi connectivity index (χ4v) is 4.22. The van der Waals surface area contributed by atoms with Gasteiger partial charge in [0.05, 0.1) is 12.2 Å². The van der Waals surface area contributed by atoms with Crippen molar-refractivity contribution in [1.82, 2.24) is 10.2 Å². The second-order valence-electron chi connectivity index (χ2n) is 10.5. The third kappa shape index (κ3) is 9.46. The van der Waals surface area contributed by atoms with Crippen LogP contribution in [0, 0.1) is 17.7 Å². The van der Waals surface area contributed by atoms with E-state index in [4.69, 9.17) is 9.47 Å². The first kappa shape index (κ1) is 26.1. The third-order valence-electron chi connectivity index (χ3n) is 5.98. The molecule has 2 rings (SSSR count). The van der Waals surface area contributed by atoms with Gasteiger partial charge in [-0.05, 0) is 84.7 Å². The van der Waals surface area contributed by atoms with Crippen LogP contribution in [0.25, 0.3) is 0 Å². The molecule has 0 aromatic heterocycles. The maximum absolute atomic E-state index is 14.5. The molecule has 1 aliphatic rings. The maximum atomic E-state index is 14.5. The van der Waals surface area contributed by atoms with Crippen molar-refractivity contribution in [3.63, 3.8) is 0 Å². The highest BCUT2D eigenvalue weighted by atomic mass is 19.1. The summed E-state index contributed by atoms with van der Waals surface area (Å²) in [7, 11) is 0. The van der Waals surface area contributed by atoms with Gasteiger partial charge in [0.2, 0.25) is 0 Å². The van der Waals surface area contributed by atoms with E-state index in [0.717, 1.165) is 32.0 Å². The van der Waals surface area contributed by atoms with Gasteiger partial charge in [-0.1, -0.05) is 19.9 Å². The zero-order chi connectivity index (χ0) is 23.0. The highest BCUT2D eigenvalue weighted by molar-refractivity contribution is 5.30. The van der Waals surface area contributed by atoms with E-state index in [1.54, 1.807) is 0 Å². The molecule has 1 N–H and O–H groups in total. The lowest BCUT2D eigenvalue weighted by Crippen LogP contribution is -2.44. The minimum atomic E-state index is -0.194. The first-order valence-corrected chi connectivity index (χ1v) is 12.1. The average molecular weight is 437 g/mol. The lowest BCUT2D eigenvalue weighted by molar-refractivity contribution is -0.130. The van der Waals surface area contributed by atoms with E-state index in [0.29, 0.717) is 23.8 Å². The van der Waals surface area contributed by atoms with Gasteiger partial charge in [0.15, 0.2) is 0 Å². The maximum Gasteiger partial charge on any atom is 0.131 e. The van der Waals surface area contributed by atoms with Gasteiger partial charge in [-0.25, -0.2) is 4.39 Å². The fourth-order valence-electron chi connectivity index (χ4n) is 4.22. The van der Waals surface area contributed by atoms with Gasteiger partial charge in [0, 0.05) is 30.8 Å². The summed E-state index contributed by atoms with van der Waals surface area (Å²) in [4.78, 5) is 2.44. The summed E-state index contributed by atoms with van der Waals surface area (Å²) in [5.74, 6) is 1.72. The fraction of sp³-hybridized carbons (Fsp3) is 0.769. The summed E-state index contributed by atoms with van der Waals surface area (Å²) in [5, 5.41) is 3.38. The molecule has 31 heavy (non-hydrogen) atoms. The largest absolute Gasteiger partial charge is 0.493 e. The molecule has 1 aromatic rings. The van der Waals surface area contributed by atoms with Crippen LogP contribution >= 0.6 is 0 Å². The number of likely N-dealkylation sites (tertiary alicyclic amines) is 1. The zero-order valence-corrected chi connectivity index (χ0v) is 20.8. The summed E-state index contributed by atoms with van der Waals surface area (Å²) in [6, 6.07) is 5.26. The molecule has 1 fully saturated rings. The number of nitrogens with zero attached hydrogens (tertiary/aromatic N) is 1. The van der Waals surface area contributed by atoms with E-state index in [9.17, 15) is 4.39 Å². The van der Waals surface area contributed by atoms with Gasteiger partial charge in [-0.2, -0.15) is 0 Å². The Hall–Kier alpha value is -1.17. The minimum Gasteiger partial charge on any atom is -0.493 e. The Morgan fingerprint density at radius 2 is 1.81 bits per heavy atom. The van der Waals surface area contributed by atoms with Crippen molar-refractivity contribution in [3.05, 3.63) is 29.6 Å². The molecule has 0 aliphatic carbocycles. The molecule has 0 amide bonds. The molecular weight excluding hydrogens is 391 g/mol. The highest BCUT2D eigenvalue weighted by Gasteiger charge is 2.25. The Bertz CT molecular complexity index is 651. The number of halogens is 1. The predicted octanol–water partition coefficient (Wildman–Crippen LogP) is 6.16. The lowest BCUT2D eigenvalue weighted by atomic mass is 9.92. The molecule has 178 valence electrons. The smallest absolute Gasteiger partial charge is 0.131 e. The number of piperidine rings is 1. The van der Waals surface area contributed by atoms with Crippen LogP contribution in [-0.4, -0.2) is 43.0 Å². The standard InChI is InChI=1S/C26H45FN2O2/c1-19(2)18-28-20(3)24-11-10-23(17-25(24)27)30-16-8-9-22-12-14-29(15-13-22)21(4)31-26(5,6)7/h10-11,17,19-22,28H,8-9,12-16,18H2,1-7H3. The van der Waals surface area contributed by atoms with E-state index >= 15 is 0 Å². The second-order valence-corrected chi connectivity index (χ2v) is 10.5. The number of rotatable bonds is 11. The molecule has 2 atom stereocenters. The predicted molar refractivity (Wildman–Crippen MR) is 127 cm³/mol. The normalized spacial score (nSPS) is 18.4. The summed E-state index contributed by atoms with van der Waals surface area (Å²) in [6.07, 6.45) is 4.77. The van der Waals surface area contributed by atoms with Gasteiger partial charge in [-0.3, -0.25) is 4.90 Å². The van der Waals surface area contributed by atoms with Crippen LogP contribution in [0.1, 0.15) is 85.8 Å². The number of ether oxygens (including phenoxy) is 2. The molecule has 4 nitrogen and oxygen atoms in total. The molecule has 0 bridgehead atoms. The summed E-state index contributed by atoms with van der Waals surface area (Å²) in [5.41, 5.74) is 0.595. The molecule has 2 unspecified atom stereocenters. The summed E-state index contributed by atoms with van der Waals surface area (Å²) < 4.78 is 26.4. The average Bonchev–Trinajstić information content (AvgIpc) is 2.68. The van der Waals surface area contributed by atoms with Crippen molar-refractivity contribution in [1.29, 1.82) is 0 Å². The molecule has 1 aliphatic heterocycles. The molecule has 0 saturated carbocycles. The number of hydrogen-bond acceptors (Lipinski definition) is 4. The Kier molecular flexibility index (Phi) is 10.2. The van der Waals surface area contributed by atoms with E-state index < -0.39 is 0 Å². The SMILES string of the molecule is CC(C)CNC(C)c1ccc(OCCCC2CCN(C(C)OC(C)(C)C)CC2)cc1F. The van der Waals surface area contributed by atoms with Gasteiger partial charge in [-0.15, -0.1) is 0 Å². The first-order valence-electron chi connectivity index (χ1n) is 12.1. The number of hydrogen-bond donors (Lipinski definition) is 1. The molecule has 1 heterocycles. The zero-order valence-electron chi connectivity index (χ0n) is 20.8. The highest BCUT2D eigenvalue weighted by Crippen LogP contribution is 2.26. The Balaban J connectivity index is 1.67. The summed E-state index contributed by atoms with van der Waals surface area (Å²) in [6.45, 7) is 18.5. The van der Waals surface area contributed by atoms with Crippen molar-refractivity contribution < 1.29 is 13.9 Å². The van der Waals surface area contributed by atoms with E-state index in [1.807, 2.05) is 19.1 Å². The van der Waals surface area contributed by atoms with Gasteiger partial charge >= 0.3 is 0 Å². The minimum absolute atomic E-state index is 0.00108. The quantitative estimate of drug-likeness (QED) is 0.421. The molecular formula is C26H45FN2O2. The van der Waals surface area contributed by atoms with Crippen molar-refractivity contribution in [2.24, 2.45) is 11.8 Å². The van der Waals surface area contributed by atoms with Gasteiger partial charge in [0.25, 0.3) is 0 Å². The van der Waals surface area contributed by atoms with E-state index in [2.05, 4.69) is 51.8 Å². The van der Waals surface area contributed by atoms with Crippen LogP contribution in [0.2, 0.25) is 0 Å². The third-order valence-corrected chi connectivity index (χ3v) is 5.98. The van der Waals surface area contributed by atoms with E-state index in [1.165, 1.54) is 25.3 Å². The molecule has 1 aromatic carbocycles. The second kappa shape index (κ2) is 12.2. The van der Waals surface area contributed by atoms with Crippen molar-refractivity contribution in [2.75, 3.05) is 26.2 Å². The van der Waals surface area contributed by atoms with E-state index in [-0.39, 0.29) is 23.7 Å². The number of benzene rings is 1. The van der Waals surface area contributed by atoms with Gasteiger partial charge < -0.3 is 14.8 Å². The Morgan fingerprint density at radius 3 is 2.39 bits per heavy atom. The van der Waals surface area contributed by atoms with Crippen LogP contribution in [-0.2, 0) is 4.74 Å². The Morgan fingerprint density at radius 1 is 1.13 bits per heavy atom. The number of nitrogens with one attached hydrogen (secondary N) is 1. The molecule has 5 heteroatoms. The van der Waals surface area contributed by atoms with Crippen molar-refractivity contribution >= 4 is 0 Å². The topological polar surface area (TPSA) is 33.7 Å². The first-order chi connectivity index (χ1) is 14.5. The van der Waals surface area contributed by atoms with Crippen LogP contribution < -0.4 is 10.1 Å². The molecule has 1 saturated heterocycles. The van der Waals surface area contributed by atoms with Crippen LogP contribution in [0.4, 0.5) is 4.39 Å². The monoisotopic (exact) mass is 436 g/mol. The van der Waals surface area contributed by atoms with Gasteiger partial charge in [0.1, 0.15) is 17.8 Å². The Labute approximate surface area is 189 Å².